The molecule has 0 unspecified atom stereocenters. The van der Waals surface area contributed by atoms with Gasteiger partial charge >= 0.3 is 12.1 Å². The van der Waals surface area contributed by atoms with E-state index in [1.54, 1.807) is 0 Å². The number of carbonyl (C=O) groups excluding carboxylic acids is 1. The maximum Gasteiger partial charge on any atom is 0.513 e. The van der Waals surface area contributed by atoms with Crippen LogP contribution in [0.1, 0.15) is 30.1 Å². The Bertz CT molecular complexity index is 444. The third-order valence-corrected chi connectivity index (χ3v) is 2.18. The lowest BCUT2D eigenvalue weighted by atomic mass is 10.2. The van der Waals surface area contributed by atoms with Crippen molar-refractivity contribution in [2.75, 3.05) is 12.3 Å². The molecule has 3 N–H and O–H groups in total. The van der Waals surface area contributed by atoms with Gasteiger partial charge in [-0.15, -0.1) is 0 Å². The molecule has 0 saturated carbocycles. The van der Waals surface area contributed by atoms with Crippen LogP contribution < -0.4 is 10.5 Å². The first kappa shape index (κ1) is 13.8. The zero-order valence-corrected chi connectivity index (χ0v) is 10.0. The van der Waals surface area contributed by atoms with E-state index in [1.807, 2.05) is 6.92 Å². The SMILES string of the molecule is CCCCOC(=O)Oc1c(N)cccc1C(=O)O. The maximum absolute atomic E-state index is 11.3. The van der Waals surface area contributed by atoms with Crippen molar-refractivity contribution in [2.24, 2.45) is 0 Å². The Balaban J connectivity index is 2.77. The molecule has 6 nitrogen and oxygen atoms in total. The van der Waals surface area contributed by atoms with E-state index in [-0.39, 0.29) is 23.6 Å². The number of hydrogen-bond acceptors (Lipinski definition) is 5. The number of anilines is 1. The second-order valence-corrected chi connectivity index (χ2v) is 3.58. The van der Waals surface area contributed by atoms with Crippen LogP contribution in [-0.2, 0) is 4.74 Å². The first-order chi connectivity index (χ1) is 8.56. The second kappa shape index (κ2) is 6.48. The minimum Gasteiger partial charge on any atom is -0.478 e. The molecule has 0 radical (unpaired) electrons. The number of aromatic carboxylic acids is 1. The average molecular weight is 253 g/mol. The highest BCUT2D eigenvalue weighted by Gasteiger charge is 2.17. The molecule has 0 spiro atoms. The molecule has 0 fully saturated rings. The predicted molar refractivity (Wildman–Crippen MR) is 64.7 cm³/mol. The Morgan fingerprint density at radius 1 is 1.39 bits per heavy atom. The van der Waals surface area contributed by atoms with Crippen molar-refractivity contribution >= 4 is 17.8 Å². The van der Waals surface area contributed by atoms with Crippen molar-refractivity contribution in [3.63, 3.8) is 0 Å². The fraction of sp³-hybridized carbons (Fsp3) is 0.333. The summed E-state index contributed by atoms with van der Waals surface area (Å²) in [6.07, 6.45) is 0.635. The molecular weight excluding hydrogens is 238 g/mol. The monoisotopic (exact) mass is 253 g/mol. The van der Waals surface area contributed by atoms with Crippen LogP contribution in [0.5, 0.6) is 5.75 Å². The molecule has 0 aromatic heterocycles. The van der Waals surface area contributed by atoms with E-state index in [1.165, 1.54) is 18.2 Å². The fourth-order valence-electron chi connectivity index (χ4n) is 1.25. The lowest BCUT2D eigenvalue weighted by Crippen LogP contribution is -2.15. The lowest BCUT2D eigenvalue weighted by Gasteiger charge is -2.09. The molecule has 0 bridgehead atoms. The highest BCUT2D eigenvalue weighted by Crippen LogP contribution is 2.26. The van der Waals surface area contributed by atoms with Crippen LogP contribution in [-0.4, -0.2) is 23.8 Å². The van der Waals surface area contributed by atoms with Gasteiger partial charge < -0.3 is 20.3 Å². The summed E-state index contributed by atoms with van der Waals surface area (Å²) in [4.78, 5) is 22.2. The van der Waals surface area contributed by atoms with Crippen LogP contribution in [0.4, 0.5) is 10.5 Å². The Kier molecular flexibility index (Phi) is 4.98. The Hall–Kier alpha value is -2.24. The summed E-state index contributed by atoms with van der Waals surface area (Å²) in [6, 6.07) is 4.21. The number of carboxylic acid groups (broad SMARTS) is 1. The normalized spacial score (nSPS) is 9.83. The number of carbonyl (C=O) groups is 2. The largest absolute Gasteiger partial charge is 0.513 e. The number of rotatable bonds is 5. The van der Waals surface area contributed by atoms with Gasteiger partial charge in [0.1, 0.15) is 5.56 Å². The molecule has 0 atom stereocenters. The number of nitrogens with two attached hydrogens (primary N) is 1. The van der Waals surface area contributed by atoms with Crippen LogP contribution in [0, 0.1) is 0 Å². The van der Waals surface area contributed by atoms with Crippen LogP contribution >= 0.6 is 0 Å². The van der Waals surface area contributed by atoms with Gasteiger partial charge in [0.05, 0.1) is 12.3 Å². The first-order valence-electron chi connectivity index (χ1n) is 5.52. The maximum atomic E-state index is 11.3. The van der Waals surface area contributed by atoms with Gasteiger partial charge in [-0.25, -0.2) is 9.59 Å². The molecule has 0 aliphatic heterocycles. The highest BCUT2D eigenvalue weighted by atomic mass is 16.7. The average Bonchev–Trinajstić information content (AvgIpc) is 2.31. The van der Waals surface area contributed by atoms with Crippen LogP contribution in [0.3, 0.4) is 0 Å². The molecular formula is C12H15NO5. The fourth-order valence-corrected chi connectivity index (χ4v) is 1.25. The number of hydrogen-bond donors (Lipinski definition) is 2. The Morgan fingerprint density at radius 3 is 2.72 bits per heavy atom. The zero-order valence-electron chi connectivity index (χ0n) is 10.0. The number of unbranched alkanes of at least 4 members (excludes halogenated alkanes) is 1. The van der Waals surface area contributed by atoms with E-state index in [2.05, 4.69) is 0 Å². The Labute approximate surface area is 104 Å². The van der Waals surface area contributed by atoms with Crippen LogP contribution in [0.25, 0.3) is 0 Å². The zero-order chi connectivity index (χ0) is 13.5. The molecule has 0 aliphatic rings. The summed E-state index contributed by atoms with van der Waals surface area (Å²) < 4.78 is 9.58. The molecule has 1 aromatic rings. The predicted octanol–water partition coefficient (Wildman–Crippen LogP) is 2.28. The van der Waals surface area contributed by atoms with Crippen molar-refractivity contribution < 1.29 is 24.2 Å². The lowest BCUT2D eigenvalue weighted by molar-refractivity contribution is 0.0689. The minimum atomic E-state index is -1.22. The topological polar surface area (TPSA) is 98.9 Å². The van der Waals surface area contributed by atoms with Crippen LogP contribution in [0.15, 0.2) is 18.2 Å². The van der Waals surface area contributed by atoms with Gasteiger partial charge in [-0.05, 0) is 18.6 Å². The summed E-state index contributed by atoms with van der Waals surface area (Å²) >= 11 is 0. The number of nitrogen functional groups attached to an aromatic ring is 1. The number of benzene rings is 1. The third kappa shape index (κ3) is 3.65. The van der Waals surface area contributed by atoms with E-state index in [0.717, 1.165) is 6.42 Å². The summed E-state index contributed by atoms with van der Waals surface area (Å²) in [6.45, 7) is 2.18. The van der Waals surface area contributed by atoms with Gasteiger partial charge in [0.2, 0.25) is 0 Å². The van der Waals surface area contributed by atoms with Crippen molar-refractivity contribution in [3.8, 4) is 5.75 Å². The highest BCUT2D eigenvalue weighted by molar-refractivity contribution is 5.94. The number of carboxylic acids is 1. The standard InChI is InChI=1S/C12H15NO5/c1-2-3-7-17-12(16)18-10-8(11(14)15)5-4-6-9(10)13/h4-6H,2-3,7,13H2,1H3,(H,14,15). The minimum absolute atomic E-state index is 0.0716. The molecule has 18 heavy (non-hydrogen) atoms. The molecule has 6 heteroatoms. The van der Waals surface area contributed by atoms with Gasteiger partial charge in [-0.1, -0.05) is 19.4 Å². The van der Waals surface area contributed by atoms with E-state index in [9.17, 15) is 9.59 Å². The first-order valence-corrected chi connectivity index (χ1v) is 5.52. The van der Waals surface area contributed by atoms with Gasteiger partial charge in [-0.2, -0.15) is 0 Å². The van der Waals surface area contributed by atoms with Crippen molar-refractivity contribution in [3.05, 3.63) is 23.8 Å². The summed E-state index contributed by atoms with van der Waals surface area (Å²) in [5, 5.41) is 8.93. The molecule has 0 saturated heterocycles. The molecule has 0 aliphatic carbocycles. The number of para-hydroxylation sites is 1. The van der Waals surface area contributed by atoms with Crippen molar-refractivity contribution in [1.82, 2.24) is 0 Å². The second-order valence-electron chi connectivity index (χ2n) is 3.58. The van der Waals surface area contributed by atoms with E-state index >= 15 is 0 Å². The summed E-state index contributed by atoms with van der Waals surface area (Å²) in [7, 11) is 0. The van der Waals surface area contributed by atoms with E-state index < -0.39 is 12.1 Å². The quantitative estimate of drug-likeness (QED) is 0.361. The third-order valence-electron chi connectivity index (χ3n) is 2.18. The smallest absolute Gasteiger partial charge is 0.478 e. The molecule has 0 heterocycles. The van der Waals surface area contributed by atoms with Gasteiger partial charge in [0.25, 0.3) is 0 Å². The van der Waals surface area contributed by atoms with Gasteiger partial charge in [0, 0.05) is 0 Å². The van der Waals surface area contributed by atoms with Crippen LogP contribution in [0.2, 0.25) is 0 Å². The van der Waals surface area contributed by atoms with E-state index in [0.29, 0.717) is 6.42 Å². The number of ether oxygens (including phenoxy) is 2. The van der Waals surface area contributed by atoms with Crippen molar-refractivity contribution in [1.29, 1.82) is 0 Å². The Morgan fingerprint density at radius 2 is 2.11 bits per heavy atom. The van der Waals surface area contributed by atoms with E-state index in [4.69, 9.17) is 20.3 Å². The summed E-state index contributed by atoms with van der Waals surface area (Å²) in [5.74, 6) is -1.41. The van der Waals surface area contributed by atoms with Gasteiger partial charge in [-0.3, -0.25) is 0 Å². The molecule has 1 rings (SSSR count). The molecule has 0 amide bonds. The summed E-state index contributed by atoms with van der Waals surface area (Å²) in [5.41, 5.74) is 5.46. The molecule has 98 valence electrons. The van der Waals surface area contributed by atoms with Crippen molar-refractivity contribution in [2.45, 2.75) is 19.8 Å². The van der Waals surface area contributed by atoms with Gasteiger partial charge in [0.15, 0.2) is 5.75 Å². The molecule has 1 aromatic carbocycles.